The van der Waals surface area contributed by atoms with Gasteiger partial charge in [-0.1, -0.05) is 40.9 Å². The van der Waals surface area contributed by atoms with Crippen molar-refractivity contribution in [2.45, 2.75) is 10.0 Å². The SMILES string of the molecule is O=C(Nc1ccccn1)NC(O)C(Cl)(Cl)Cl. The third-order valence-corrected chi connectivity index (χ3v) is 2.10. The summed E-state index contributed by atoms with van der Waals surface area (Å²) in [7, 11) is 0. The zero-order valence-corrected chi connectivity index (χ0v) is 10.1. The lowest BCUT2D eigenvalue weighted by molar-refractivity contribution is 0.148. The summed E-state index contributed by atoms with van der Waals surface area (Å²) in [6, 6.07) is 4.23. The highest BCUT2D eigenvalue weighted by atomic mass is 35.6. The zero-order valence-electron chi connectivity index (χ0n) is 7.82. The summed E-state index contributed by atoms with van der Waals surface area (Å²) in [6.07, 6.45) is -0.109. The number of amides is 2. The van der Waals surface area contributed by atoms with Gasteiger partial charge in [-0.2, -0.15) is 0 Å². The van der Waals surface area contributed by atoms with Crippen LogP contribution in [0, 0.1) is 0 Å². The Labute approximate surface area is 107 Å². The van der Waals surface area contributed by atoms with Crippen LogP contribution in [0.3, 0.4) is 0 Å². The normalized spacial score (nSPS) is 13.0. The summed E-state index contributed by atoms with van der Waals surface area (Å²) in [4.78, 5) is 15.1. The van der Waals surface area contributed by atoms with Crippen LogP contribution in [0.25, 0.3) is 0 Å². The highest BCUT2D eigenvalue weighted by molar-refractivity contribution is 6.68. The van der Waals surface area contributed by atoms with E-state index in [1.807, 2.05) is 5.32 Å². The second-order valence-electron chi connectivity index (χ2n) is 2.76. The van der Waals surface area contributed by atoms with E-state index in [2.05, 4.69) is 10.3 Å². The summed E-state index contributed by atoms with van der Waals surface area (Å²) in [5, 5.41) is 13.6. The molecule has 1 aromatic rings. The quantitative estimate of drug-likeness (QED) is 0.573. The lowest BCUT2D eigenvalue weighted by Crippen LogP contribution is -2.45. The Hall–Kier alpha value is -0.750. The predicted octanol–water partition coefficient (Wildman–Crippen LogP) is 1.89. The lowest BCUT2D eigenvalue weighted by atomic mass is 10.5. The number of aliphatic hydroxyl groups excluding tert-OH is 1. The van der Waals surface area contributed by atoms with Crippen molar-refractivity contribution in [2.75, 3.05) is 5.32 Å². The molecular weight excluding hydrogens is 276 g/mol. The molecule has 0 saturated heterocycles. The molecule has 0 fully saturated rings. The van der Waals surface area contributed by atoms with Crippen molar-refractivity contribution in [1.29, 1.82) is 0 Å². The van der Waals surface area contributed by atoms with E-state index in [1.54, 1.807) is 18.2 Å². The Kier molecular flexibility index (Phi) is 4.61. The van der Waals surface area contributed by atoms with Crippen molar-refractivity contribution in [3.63, 3.8) is 0 Å². The molecule has 1 heterocycles. The van der Waals surface area contributed by atoms with Crippen molar-refractivity contribution in [3.8, 4) is 0 Å². The minimum absolute atomic E-state index is 0.316. The molecule has 1 rings (SSSR count). The summed E-state index contributed by atoms with van der Waals surface area (Å²) in [5.41, 5.74) is 0. The zero-order chi connectivity index (χ0) is 12.2. The van der Waals surface area contributed by atoms with Crippen LogP contribution in [0.1, 0.15) is 0 Å². The number of hydrogen-bond acceptors (Lipinski definition) is 3. The smallest absolute Gasteiger partial charge is 0.322 e. The highest BCUT2D eigenvalue weighted by Crippen LogP contribution is 2.28. The first-order valence-corrected chi connectivity index (χ1v) is 5.26. The van der Waals surface area contributed by atoms with E-state index < -0.39 is 16.1 Å². The van der Waals surface area contributed by atoms with Crippen LogP contribution in [0.2, 0.25) is 0 Å². The Balaban J connectivity index is 2.49. The average Bonchev–Trinajstić information content (AvgIpc) is 2.17. The van der Waals surface area contributed by atoms with E-state index in [-0.39, 0.29) is 0 Å². The van der Waals surface area contributed by atoms with Gasteiger partial charge in [0.1, 0.15) is 5.82 Å². The van der Waals surface area contributed by atoms with E-state index in [1.165, 1.54) is 6.20 Å². The molecule has 1 unspecified atom stereocenters. The Morgan fingerprint density at radius 3 is 2.62 bits per heavy atom. The number of aliphatic hydroxyl groups is 1. The van der Waals surface area contributed by atoms with Crippen LogP contribution < -0.4 is 10.6 Å². The van der Waals surface area contributed by atoms with Crippen LogP contribution in [0.5, 0.6) is 0 Å². The van der Waals surface area contributed by atoms with Gasteiger partial charge in [-0.3, -0.25) is 5.32 Å². The molecule has 0 aliphatic rings. The first-order chi connectivity index (χ1) is 7.39. The fourth-order valence-electron chi connectivity index (χ4n) is 0.795. The van der Waals surface area contributed by atoms with E-state index >= 15 is 0 Å². The molecule has 0 aliphatic carbocycles. The number of urea groups is 1. The topological polar surface area (TPSA) is 74.2 Å². The van der Waals surface area contributed by atoms with Gasteiger partial charge in [-0.05, 0) is 12.1 Å². The highest BCUT2D eigenvalue weighted by Gasteiger charge is 2.32. The first kappa shape index (κ1) is 13.3. The molecule has 2 amide bonds. The molecule has 0 aliphatic heterocycles. The molecule has 88 valence electrons. The van der Waals surface area contributed by atoms with Crippen LogP contribution in [-0.4, -0.2) is 26.1 Å². The van der Waals surface area contributed by atoms with Gasteiger partial charge < -0.3 is 10.4 Å². The monoisotopic (exact) mass is 283 g/mol. The Morgan fingerprint density at radius 1 is 1.44 bits per heavy atom. The maximum absolute atomic E-state index is 11.3. The van der Waals surface area contributed by atoms with Gasteiger partial charge in [0.15, 0.2) is 6.23 Å². The van der Waals surface area contributed by atoms with Gasteiger partial charge in [-0.25, -0.2) is 9.78 Å². The third kappa shape index (κ3) is 4.40. The largest absolute Gasteiger partial charge is 0.369 e. The van der Waals surface area contributed by atoms with E-state index in [0.29, 0.717) is 5.82 Å². The standard InChI is InChI=1S/C8H8Cl3N3O2/c9-8(10,11)6(15)14-7(16)13-5-3-1-2-4-12-5/h1-4,6,15H,(H2,12,13,14,16). The fourth-order valence-corrected chi connectivity index (χ4v) is 0.959. The van der Waals surface area contributed by atoms with Crippen LogP contribution in [0.15, 0.2) is 24.4 Å². The molecular formula is C8H8Cl3N3O2. The van der Waals surface area contributed by atoms with Crippen molar-refractivity contribution in [2.24, 2.45) is 0 Å². The Bertz CT molecular complexity index is 355. The summed E-state index contributed by atoms with van der Waals surface area (Å²) in [6.45, 7) is 0. The number of anilines is 1. The molecule has 1 atom stereocenters. The summed E-state index contributed by atoms with van der Waals surface area (Å²) >= 11 is 16.1. The summed E-state index contributed by atoms with van der Waals surface area (Å²) in [5.74, 6) is 0.316. The minimum Gasteiger partial charge on any atom is -0.369 e. The average molecular weight is 285 g/mol. The van der Waals surface area contributed by atoms with Crippen LogP contribution in [-0.2, 0) is 0 Å². The van der Waals surface area contributed by atoms with E-state index in [0.717, 1.165) is 0 Å². The number of carbonyl (C=O) groups excluding carboxylic acids is 1. The van der Waals surface area contributed by atoms with Crippen molar-refractivity contribution in [3.05, 3.63) is 24.4 Å². The molecule has 0 bridgehead atoms. The van der Waals surface area contributed by atoms with Gasteiger partial charge in [0, 0.05) is 6.20 Å². The Morgan fingerprint density at radius 2 is 2.12 bits per heavy atom. The number of halogens is 3. The molecule has 0 spiro atoms. The minimum atomic E-state index is -1.98. The molecule has 0 radical (unpaired) electrons. The second kappa shape index (κ2) is 5.54. The molecule has 8 heteroatoms. The van der Waals surface area contributed by atoms with Crippen molar-refractivity contribution < 1.29 is 9.90 Å². The number of nitrogens with one attached hydrogen (secondary N) is 2. The van der Waals surface area contributed by atoms with Gasteiger partial charge in [0.2, 0.25) is 3.79 Å². The first-order valence-electron chi connectivity index (χ1n) is 4.13. The fraction of sp³-hybridized carbons (Fsp3) is 0.250. The number of nitrogens with zero attached hydrogens (tertiary/aromatic N) is 1. The van der Waals surface area contributed by atoms with E-state index in [4.69, 9.17) is 34.8 Å². The van der Waals surface area contributed by atoms with Crippen molar-refractivity contribution >= 4 is 46.7 Å². The van der Waals surface area contributed by atoms with Crippen molar-refractivity contribution in [1.82, 2.24) is 10.3 Å². The molecule has 0 saturated carbocycles. The number of aromatic nitrogens is 1. The molecule has 0 aromatic carbocycles. The van der Waals surface area contributed by atoms with E-state index in [9.17, 15) is 9.90 Å². The number of carbonyl (C=O) groups is 1. The third-order valence-electron chi connectivity index (χ3n) is 1.48. The van der Waals surface area contributed by atoms with Gasteiger partial charge in [-0.15, -0.1) is 0 Å². The molecule has 3 N–H and O–H groups in total. The van der Waals surface area contributed by atoms with Crippen LogP contribution in [0.4, 0.5) is 10.6 Å². The second-order valence-corrected chi connectivity index (χ2v) is 5.13. The number of hydrogen-bond donors (Lipinski definition) is 3. The molecule has 16 heavy (non-hydrogen) atoms. The maximum Gasteiger partial charge on any atom is 0.322 e. The number of pyridine rings is 1. The molecule has 1 aromatic heterocycles. The van der Waals surface area contributed by atoms with Gasteiger partial charge in [0.05, 0.1) is 0 Å². The number of alkyl halides is 3. The number of rotatable bonds is 2. The molecule has 5 nitrogen and oxygen atoms in total. The predicted molar refractivity (Wildman–Crippen MR) is 62.7 cm³/mol. The summed E-state index contributed by atoms with van der Waals surface area (Å²) < 4.78 is -1.98. The van der Waals surface area contributed by atoms with Crippen LogP contribution >= 0.6 is 34.8 Å². The lowest BCUT2D eigenvalue weighted by Gasteiger charge is -2.19. The van der Waals surface area contributed by atoms with Gasteiger partial charge in [0.25, 0.3) is 0 Å². The van der Waals surface area contributed by atoms with Gasteiger partial charge >= 0.3 is 6.03 Å². The maximum atomic E-state index is 11.3.